The second kappa shape index (κ2) is 7.12. The van der Waals surface area contributed by atoms with Crippen molar-refractivity contribution in [3.8, 4) is 0 Å². The third-order valence-electron chi connectivity index (χ3n) is 6.37. The average molecular weight is 404 g/mol. The molecule has 1 saturated heterocycles. The van der Waals surface area contributed by atoms with E-state index in [4.69, 9.17) is 0 Å². The van der Waals surface area contributed by atoms with E-state index in [1.165, 1.54) is 0 Å². The maximum Gasteiger partial charge on any atom is 0.256 e. The summed E-state index contributed by atoms with van der Waals surface area (Å²) in [6.07, 6.45) is 5.27. The lowest BCUT2D eigenvalue weighted by molar-refractivity contribution is -0.133. The number of imidazole rings is 1. The summed E-state index contributed by atoms with van der Waals surface area (Å²) < 4.78 is 2.02. The number of nitrogens with zero attached hydrogens (tertiary/aromatic N) is 5. The monoisotopic (exact) mass is 404 g/mol. The Kier molecular flexibility index (Phi) is 4.42. The van der Waals surface area contributed by atoms with Gasteiger partial charge in [0.05, 0.1) is 22.9 Å². The molecule has 1 N–H and O–H groups in total. The molecule has 3 aromatic rings. The number of hydrogen-bond acceptors (Lipinski definition) is 5. The number of likely N-dealkylation sites (tertiary alicyclic amines) is 1. The third kappa shape index (κ3) is 2.99. The van der Waals surface area contributed by atoms with E-state index < -0.39 is 5.66 Å². The maximum atomic E-state index is 12.8. The van der Waals surface area contributed by atoms with E-state index in [-0.39, 0.29) is 11.8 Å². The highest BCUT2D eigenvalue weighted by Crippen LogP contribution is 2.34. The van der Waals surface area contributed by atoms with E-state index in [1.54, 1.807) is 24.7 Å². The van der Waals surface area contributed by atoms with Crippen molar-refractivity contribution in [2.45, 2.75) is 31.5 Å². The molecule has 2 aliphatic heterocycles. The van der Waals surface area contributed by atoms with E-state index in [9.17, 15) is 9.59 Å². The van der Waals surface area contributed by atoms with Gasteiger partial charge in [0.15, 0.2) is 0 Å². The van der Waals surface area contributed by atoms with Crippen LogP contribution in [0.4, 0.5) is 5.82 Å². The number of piperidine rings is 1. The number of aryl methyl sites for hydroxylation is 1. The molecule has 4 heterocycles. The molecule has 2 aromatic heterocycles. The van der Waals surface area contributed by atoms with Crippen LogP contribution < -0.4 is 10.2 Å². The molecular formula is C22H24N6O2. The zero-order chi connectivity index (χ0) is 20.7. The van der Waals surface area contributed by atoms with E-state index in [2.05, 4.69) is 20.2 Å². The van der Waals surface area contributed by atoms with Crippen LogP contribution in [-0.4, -0.2) is 57.0 Å². The van der Waals surface area contributed by atoms with Gasteiger partial charge in [-0.3, -0.25) is 9.59 Å². The highest BCUT2D eigenvalue weighted by Gasteiger charge is 2.45. The van der Waals surface area contributed by atoms with Gasteiger partial charge in [0, 0.05) is 52.1 Å². The van der Waals surface area contributed by atoms with Crippen LogP contribution in [0.3, 0.4) is 0 Å². The first kappa shape index (κ1) is 18.6. The molecule has 8 nitrogen and oxygen atoms in total. The topological polar surface area (TPSA) is 83.4 Å². The summed E-state index contributed by atoms with van der Waals surface area (Å²) in [5, 5.41) is 3.17. The van der Waals surface area contributed by atoms with Crippen molar-refractivity contribution in [3.63, 3.8) is 0 Å². The van der Waals surface area contributed by atoms with Crippen molar-refractivity contribution in [1.29, 1.82) is 0 Å². The average Bonchev–Trinajstić information content (AvgIpc) is 3.20. The largest absolute Gasteiger partial charge is 0.342 e. The zero-order valence-corrected chi connectivity index (χ0v) is 16.9. The molecule has 5 rings (SSSR count). The summed E-state index contributed by atoms with van der Waals surface area (Å²) in [6, 6.07) is 11.5. The smallest absolute Gasteiger partial charge is 0.256 e. The number of amides is 2. The lowest BCUT2D eigenvalue weighted by Crippen LogP contribution is -2.67. The van der Waals surface area contributed by atoms with Crippen molar-refractivity contribution < 1.29 is 9.59 Å². The van der Waals surface area contributed by atoms with E-state index in [1.807, 2.05) is 40.8 Å². The van der Waals surface area contributed by atoms with Crippen LogP contribution in [0.1, 0.15) is 29.6 Å². The molecule has 0 saturated carbocycles. The number of pyridine rings is 1. The van der Waals surface area contributed by atoms with Crippen LogP contribution in [0, 0.1) is 0 Å². The van der Waals surface area contributed by atoms with Gasteiger partial charge in [-0.1, -0.05) is 12.1 Å². The lowest BCUT2D eigenvalue weighted by Gasteiger charge is -2.50. The first-order valence-electron chi connectivity index (χ1n) is 10.3. The van der Waals surface area contributed by atoms with Crippen LogP contribution in [-0.2, 0) is 11.3 Å². The van der Waals surface area contributed by atoms with Crippen LogP contribution >= 0.6 is 0 Å². The van der Waals surface area contributed by atoms with E-state index in [0.717, 1.165) is 11.0 Å². The van der Waals surface area contributed by atoms with Gasteiger partial charge in [-0.25, -0.2) is 9.97 Å². The van der Waals surface area contributed by atoms with Gasteiger partial charge >= 0.3 is 0 Å². The SMILES string of the molecule is CN1c2ncccc2C(=O)NC12CCN(C(=O)CCn1cnc3ccccc31)CC2. The summed E-state index contributed by atoms with van der Waals surface area (Å²) in [5.74, 6) is 0.738. The van der Waals surface area contributed by atoms with Gasteiger partial charge in [0.2, 0.25) is 5.91 Å². The number of carbonyl (C=O) groups excluding carboxylic acids is 2. The molecule has 30 heavy (non-hydrogen) atoms. The van der Waals surface area contributed by atoms with Crippen LogP contribution in [0.2, 0.25) is 0 Å². The van der Waals surface area contributed by atoms with Crippen molar-refractivity contribution in [1.82, 2.24) is 24.8 Å². The number of benzene rings is 1. The number of anilines is 1. The molecule has 8 heteroatoms. The summed E-state index contributed by atoms with van der Waals surface area (Å²) >= 11 is 0. The predicted octanol–water partition coefficient (Wildman–Crippen LogP) is 2.02. The molecule has 154 valence electrons. The number of hydrogen-bond donors (Lipinski definition) is 1. The van der Waals surface area contributed by atoms with Crippen molar-refractivity contribution in [2.24, 2.45) is 0 Å². The Balaban J connectivity index is 1.24. The summed E-state index contributed by atoms with van der Waals surface area (Å²) in [5.41, 5.74) is 2.09. The van der Waals surface area contributed by atoms with Crippen molar-refractivity contribution >= 4 is 28.7 Å². The van der Waals surface area contributed by atoms with Gasteiger partial charge < -0.3 is 19.7 Å². The van der Waals surface area contributed by atoms with Crippen LogP contribution in [0.25, 0.3) is 11.0 Å². The minimum Gasteiger partial charge on any atom is -0.342 e. The van der Waals surface area contributed by atoms with Crippen molar-refractivity contribution in [3.05, 3.63) is 54.5 Å². The number of carbonyl (C=O) groups is 2. The first-order chi connectivity index (χ1) is 14.6. The number of aromatic nitrogens is 3. The van der Waals surface area contributed by atoms with Crippen molar-refractivity contribution in [2.75, 3.05) is 25.0 Å². The van der Waals surface area contributed by atoms with Gasteiger partial charge in [0.25, 0.3) is 5.91 Å². The molecule has 0 aliphatic carbocycles. The molecule has 1 fully saturated rings. The highest BCUT2D eigenvalue weighted by atomic mass is 16.2. The second-order valence-corrected chi connectivity index (χ2v) is 7.98. The molecule has 1 aromatic carbocycles. The standard InChI is InChI=1S/C22H24N6O2/c1-26-20-16(5-4-11-23-20)21(30)25-22(26)9-13-27(14-10-22)19(29)8-12-28-15-24-17-6-2-3-7-18(17)28/h2-7,11,15H,8-10,12-14H2,1H3,(H,25,30). The molecule has 0 radical (unpaired) electrons. The number of rotatable bonds is 3. The fraction of sp³-hybridized carbons (Fsp3) is 0.364. The summed E-state index contributed by atoms with van der Waals surface area (Å²) in [7, 11) is 1.97. The zero-order valence-electron chi connectivity index (χ0n) is 16.9. The lowest BCUT2D eigenvalue weighted by atomic mass is 9.91. The fourth-order valence-corrected chi connectivity index (χ4v) is 4.56. The Bertz CT molecular complexity index is 1120. The predicted molar refractivity (Wildman–Crippen MR) is 113 cm³/mol. The van der Waals surface area contributed by atoms with Gasteiger partial charge in [0.1, 0.15) is 11.5 Å². The molecule has 0 bridgehead atoms. The van der Waals surface area contributed by atoms with Gasteiger partial charge in [-0.05, 0) is 24.3 Å². The Hall–Kier alpha value is -3.42. The Morgan fingerprint density at radius 3 is 2.77 bits per heavy atom. The first-order valence-corrected chi connectivity index (χ1v) is 10.3. The van der Waals surface area contributed by atoms with Gasteiger partial charge in [-0.2, -0.15) is 0 Å². The van der Waals surface area contributed by atoms with Crippen LogP contribution in [0.15, 0.2) is 48.9 Å². The third-order valence-corrected chi connectivity index (χ3v) is 6.37. The number of fused-ring (bicyclic) bond motifs is 2. The second-order valence-electron chi connectivity index (χ2n) is 7.98. The molecule has 0 atom stereocenters. The molecular weight excluding hydrogens is 380 g/mol. The highest BCUT2D eigenvalue weighted by molar-refractivity contribution is 6.01. The molecule has 0 unspecified atom stereocenters. The van der Waals surface area contributed by atoms with E-state index >= 15 is 0 Å². The minimum absolute atomic E-state index is 0.0945. The van der Waals surface area contributed by atoms with Gasteiger partial charge in [-0.15, -0.1) is 0 Å². The quantitative estimate of drug-likeness (QED) is 0.722. The Labute approximate surface area is 174 Å². The molecule has 1 spiro atoms. The normalized spacial score (nSPS) is 17.8. The summed E-state index contributed by atoms with van der Waals surface area (Å²) in [6.45, 7) is 1.82. The Morgan fingerprint density at radius 1 is 1.13 bits per heavy atom. The molecule has 2 aliphatic rings. The Morgan fingerprint density at radius 2 is 1.93 bits per heavy atom. The van der Waals surface area contributed by atoms with Crippen LogP contribution in [0.5, 0.6) is 0 Å². The number of para-hydroxylation sites is 2. The summed E-state index contributed by atoms with van der Waals surface area (Å²) in [4.78, 5) is 38.2. The fourth-order valence-electron chi connectivity index (χ4n) is 4.56. The minimum atomic E-state index is -0.490. The molecule has 2 amide bonds. The maximum absolute atomic E-state index is 12.8. The number of nitrogens with one attached hydrogen (secondary N) is 1. The van der Waals surface area contributed by atoms with E-state index in [0.29, 0.717) is 50.3 Å².